The number of piperidine rings is 1. The van der Waals surface area contributed by atoms with Gasteiger partial charge < -0.3 is 20.1 Å². The van der Waals surface area contributed by atoms with Crippen molar-refractivity contribution < 1.29 is 19.4 Å². The normalized spacial score (nSPS) is 14.1. The summed E-state index contributed by atoms with van der Waals surface area (Å²) in [5.41, 5.74) is 0.909. The number of para-hydroxylation sites is 1. The van der Waals surface area contributed by atoms with E-state index in [4.69, 9.17) is 9.84 Å². The summed E-state index contributed by atoms with van der Waals surface area (Å²) >= 11 is 0. The number of hydrogen-bond acceptors (Lipinski definition) is 6. The lowest BCUT2D eigenvalue weighted by Crippen LogP contribution is -2.45. The molecule has 0 aliphatic carbocycles. The largest absolute Gasteiger partial charge is 0.478 e. The quantitative estimate of drug-likeness (QED) is 0.522. The number of carbonyl (C=O) groups excluding carboxylic acids is 1. The molecule has 0 atom stereocenters. The van der Waals surface area contributed by atoms with Gasteiger partial charge >= 0.3 is 5.97 Å². The molecule has 176 valence electrons. The van der Waals surface area contributed by atoms with E-state index in [-0.39, 0.29) is 11.5 Å². The Hall–Kier alpha value is -3.91. The molecule has 0 saturated carbocycles. The minimum atomic E-state index is -0.978. The standard InChI is InChI=1S/C26H28N4O4/c1-29(21-13-15-30(16-14-21)24-12-7-19(17-27-24)26(32)33)18-25(31)28-20-8-10-23(11-9-20)34-22-5-3-2-4-6-22/h2-12,17,21H,13-16,18H2,1H3,(H,28,31)(H,32,33). The molecule has 1 aromatic heterocycles. The number of likely N-dealkylation sites (N-methyl/N-ethyl adjacent to an activating group) is 1. The number of benzene rings is 2. The summed E-state index contributed by atoms with van der Waals surface area (Å²) in [6.45, 7) is 1.91. The highest BCUT2D eigenvalue weighted by Crippen LogP contribution is 2.23. The molecular weight excluding hydrogens is 432 g/mol. The van der Waals surface area contributed by atoms with E-state index in [1.807, 2.05) is 61.6 Å². The Bertz CT molecular complexity index is 1100. The van der Waals surface area contributed by atoms with Gasteiger partial charge in [-0.25, -0.2) is 9.78 Å². The molecule has 3 aromatic rings. The average Bonchev–Trinajstić information content (AvgIpc) is 2.86. The third-order valence-electron chi connectivity index (χ3n) is 5.92. The first-order valence-corrected chi connectivity index (χ1v) is 11.3. The maximum Gasteiger partial charge on any atom is 0.337 e. The second kappa shape index (κ2) is 10.8. The van der Waals surface area contributed by atoms with Crippen LogP contribution in [0.3, 0.4) is 0 Å². The minimum Gasteiger partial charge on any atom is -0.478 e. The van der Waals surface area contributed by atoms with Crippen LogP contribution in [0.1, 0.15) is 23.2 Å². The van der Waals surface area contributed by atoms with Crippen molar-refractivity contribution >= 4 is 23.4 Å². The van der Waals surface area contributed by atoms with Crippen molar-refractivity contribution in [3.8, 4) is 11.5 Å². The van der Waals surface area contributed by atoms with Gasteiger partial charge in [-0.15, -0.1) is 0 Å². The van der Waals surface area contributed by atoms with E-state index in [1.54, 1.807) is 12.1 Å². The first-order chi connectivity index (χ1) is 16.5. The molecule has 1 fully saturated rings. The lowest BCUT2D eigenvalue weighted by Gasteiger charge is -2.37. The number of aromatic nitrogens is 1. The van der Waals surface area contributed by atoms with Crippen LogP contribution in [0.5, 0.6) is 11.5 Å². The van der Waals surface area contributed by atoms with Crippen molar-refractivity contribution in [2.75, 3.05) is 36.9 Å². The Morgan fingerprint density at radius 1 is 1.03 bits per heavy atom. The van der Waals surface area contributed by atoms with Crippen LogP contribution in [0.4, 0.5) is 11.5 Å². The lowest BCUT2D eigenvalue weighted by atomic mass is 10.0. The topological polar surface area (TPSA) is 95.0 Å². The number of nitrogens with zero attached hydrogens (tertiary/aromatic N) is 3. The molecule has 2 aromatic carbocycles. The van der Waals surface area contributed by atoms with Gasteiger partial charge in [0, 0.05) is 31.0 Å². The number of carboxylic acids is 1. The fourth-order valence-corrected chi connectivity index (χ4v) is 4.02. The predicted octanol–water partition coefficient (Wildman–Crippen LogP) is 4.11. The highest BCUT2D eigenvalue weighted by atomic mass is 16.5. The molecule has 0 spiro atoms. The van der Waals surface area contributed by atoms with E-state index in [0.717, 1.165) is 43.2 Å². The lowest BCUT2D eigenvalue weighted by molar-refractivity contribution is -0.117. The summed E-state index contributed by atoms with van der Waals surface area (Å²) in [4.78, 5) is 32.1. The number of amides is 1. The summed E-state index contributed by atoms with van der Waals surface area (Å²) in [5.74, 6) is 1.21. The van der Waals surface area contributed by atoms with E-state index < -0.39 is 5.97 Å². The average molecular weight is 461 g/mol. The molecule has 1 saturated heterocycles. The zero-order chi connectivity index (χ0) is 23.9. The van der Waals surface area contributed by atoms with E-state index in [1.165, 1.54) is 6.20 Å². The molecule has 1 aliphatic heterocycles. The Balaban J connectivity index is 1.23. The molecule has 34 heavy (non-hydrogen) atoms. The zero-order valence-corrected chi connectivity index (χ0v) is 19.1. The van der Waals surface area contributed by atoms with Gasteiger partial charge in [0.25, 0.3) is 0 Å². The number of carboxylic acid groups (broad SMARTS) is 1. The Morgan fingerprint density at radius 3 is 2.32 bits per heavy atom. The summed E-state index contributed by atoms with van der Waals surface area (Å²) < 4.78 is 5.78. The van der Waals surface area contributed by atoms with Crippen LogP contribution < -0.4 is 15.0 Å². The van der Waals surface area contributed by atoms with Crippen LogP contribution >= 0.6 is 0 Å². The second-order valence-electron chi connectivity index (χ2n) is 8.33. The molecule has 8 heteroatoms. The van der Waals surface area contributed by atoms with Crippen molar-refractivity contribution in [2.45, 2.75) is 18.9 Å². The number of carbonyl (C=O) groups is 2. The number of rotatable bonds is 8. The highest BCUT2D eigenvalue weighted by molar-refractivity contribution is 5.92. The van der Waals surface area contributed by atoms with Gasteiger partial charge in [-0.1, -0.05) is 18.2 Å². The summed E-state index contributed by atoms with van der Waals surface area (Å²) in [6.07, 6.45) is 3.19. The van der Waals surface area contributed by atoms with Crippen molar-refractivity contribution in [1.82, 2.24) is 9.88 Å². The fraction of sp³-hybridized carbons (Fsp3) is 0.269. The molecule has 0 unspecified atom stereocenters. The van der Waals surface area contributed by atoms with Gasteiger partial charge in [0.1, 0.15) is 17.3 Å². The van der Waals surface area contributed by atoms with Gasteiger partial charge in [0.15, 0.2) is 0 Å². The summed E-state index contributed by atoms with van der Waals surface area (Å²) in [5, 5.41) is 12.0. The Morgan fingerprint density at radius 2 is 1.71 bits per heavy atom. The SMILES string of the molecule is CN(CC(=O)Nc1ccc(Oc2ccccc2)cc1)C1CCN(c2ccc(C(=O)O)cn2)CC1. The Labute approximate surface area is 198 Å². The smallest absolute Gasteiger partial charge is 0.337 e. The van der Waals surface area contributed by atoms with Crippen molar-refractivity contribution in [3.63, 3.8) is 0 Å². The molecule has 8 nitrogen and oxygen atoms in total. The first kappa shape index (κ1) is 23.3. The predicted molar refractivity (Wildman–Crippen MR) is 131 cm³/mol. The monoisotopic (exact) mass is 460 g/mol. The zero-order valence-electron chi connectivity index (χ0n) is 19.1. The number of ether oxygens (including phenoxy) is 1. The van der Waals surface area contributed by atoms with Crippen LogP contribution in [0.15, 0.2) is 72.9 Å². The van der Waals surface area contributed by atoms with Gasteiger partial charge in [-0.2, -0.15) is 0 Å². The summed E-state index contributed by atoms with van der Waals surface area (Å²) in [6, 6.07) is 20.5. The number of anilines is 2. The van der Waals surface area contributed by atoms with Gasteiger partial charge in [0.2, 0.25) is 5.91 Å². The fourth-order valence-electron chi connectivity index (χ4n) is 4.02. The number of hydrogen-bond donors (Lipinski definition) is 2. The number of nitrogens with one attached hydrogen (secondary N) is 1. The third-order valence-corrected chi connectivity index (χ3v) is 5.92. The third kappa shape index (κ3) is 6.11. The second-order valence-corrected chi connectivity index (χ2v) is 8.33. The van der Waals surface area contributed by atoms with E-state index in [2.05, 4.69) is 20.1 Å². The van der Waals surface area contributed by atoms with Crippen LogP contribution in [0.2, 0.25) is 0 Å². The molecule has 1 aliphatic rings. The number of pyridine rings is 1. The molecule has 2 heterocycles. The minimum absolute atomic E-state index is 0.0624. The molecule has 4 rings (SSSR count). The van der Waals surface area contributed by atoms with Gasteiger partial charge in [0.05, 0.1) is 12.1 Å². The van der Waals surface area contributed by atoms with Crippen molar-refractivity contribution in [1.29, 1.82) is 0 Å². The molecule has 0 radical (unpaired) electrons. The molecule has 1 amide bonds. The van der Waals surface area contributed by atoms with Crippen LogP contribution in [0.25, 0.3) is 0 Å². The van der Waals surface area contributed by atoms with E-state index in [0.29, 0.717) is 18.3 Å². The summed E-state index contributed by atoms with van der Waals surface area (Å²) in [7, 11) is 1.97. The first-order valence-electron chi connectivity index (χ1n) is 11.3. The number of aromatic carboxylic acids is 1. The van der Waals surface area contributed by atoms with E-state index in [9.17, 15) is 9.59 Å². The maximum atomic E-state index is 12.6. The van der Waals surface area contributed by atoms with Crippen LogP contribution in [0, 0.1) is 0 Å². The van der Waals surface area contributed by atoms with Crippen LogP contribution in [-0.2, 0) is 4.79 Å². The maximum absolute atomic E-state index is 12.6. The van der Waals surface area contributed by atoms with Gasteiger partial charge in [-0.05, 0) is 68.4 Å². The van der Waals surface area contributed by atoms with Gasteiger partial charge in [-0.3, -0.25) is 9.69 Å². The van der Waals surface area contributed by atoms with Crippen molar-refractivity contribution in [2.24, 2.45) is 0 Å². The molecular formula is C26H28N4O4. The van der Waals surface area contributed by atoms with E-state index >= 15 is 0 Å². The van der Waals surface area contributed by atoms with Crippen molar-refractivity contribution in [3.05, 3.63) is 78.5 Å². The Kier molecular flexibility index (Phi) is 7.39. The highest BCUT2D eigenvalue weighted by Gasteiger charge is 2.24. The molecule has 0 bridgehead atoms. The molecule has 2 N–H and O–H groups in total. The van der Waals surface area contributed by atoms with Crippen LogP contribution in [-0.4, -0.2) is 59.6 Å².